The second-order valence-corrected chi connectivity index (χ2v) is 5.26. The van der Waals surface area contributed by atoms with Crippen LogP contribution in [0.1, 0.15) is 33.1 Å². The summed E-state index contributed by atoms with van der Waals surface area (Å²) in [5.74, 6) is 1.37. The Morgan fingerprint density at radius 3 is 2.91 bits per heavy atom. The zero-order chi connectivity index (χ0) is 8.16. The van der Waals surface area contributed by atoms with Gasteiger partial charge in [-0.1, -0.05) is 6.92 Å². The quantitative estimate of drug-likeness (QED) is 0.655. The van der Waals surface area contributed by atoms with Crippen molar-refractivity contribution in [2.24, 2.45) is 0 Å². The maximum absolute atomic E-state index is 3.50. The van der Waals surface area contributed by atoms with Gasteiger partial charge in [0, 0.05) is 11.3 Å². The fourth-order valence-electron chi connectivity index (χ4n) is 1.51. The Hall–Kier alpha value is 0.310. The summed E-state index contributed by atoms with van der Waals surface area (Å²) in [6, 6.07) is 0. The molecule has 1 aliphatic rings. The van der Waals surface area contributed by atoms with Crippen molar-refractivity contribution >= 4 is 11.8 Å². The van der Waals surface area contributed by atoms with Gasteiger partial charge in [-0.15, -0.1) is 0 Å². The lowest BCUT2D eigenvalue weighted by molar-refractivity contribution is 0.536. The van der Waals surface area contributed by atoms with Gasteiger partial charge >= 0.3 is 0 Å². The molecule has 0 aromatic carbocycles. The minimum atomic E-state index is 0.551. The summed E-state index contributed by atoms with van der Waals surface area (Å²) in [6.07, 6.45) is 4.06. The van der Waals surface area contributed by atoms with Gasteiger partial charge in [0.1, 0.15) is 0 Å². The largest absolute Gasteiger partial charge is 0.315 e. The number of nitrogens with one attached hydrogen (secondary N) is 1. The molecule has 0 amide bonds. The predicted molar refractivity (Wildman–Crippen MR) is 53.3 cm³/mol. The van der Waals surface area contributed by atoms with Crippen LogP contribution in [0.25, 0.3) is 0 Å². The Labute approximate surface area is 74.3 Å². The van der Waals surface area contributed by atoms with Crippen LogP contribution in [0.4, 0.5) is 0 Å². The summed E-state index contributed by atoms with van der Waals surface area (Å²) in [7, 11) is 0. The van der Waals surface area contributed by atoms with Crippen molar-refractivity contribution in [3.05, 3.63) is 0 Å². The number of rotatable bonds is 4. The lowest BCUT2D eigenvalue weighted by atomic mass is 10.1. The van der Waals surface area contributed by atoms with Crippen LogP contribution in [0.15, 0.2) is 0 Å². The van der Waals surface area contributed by atoms with Gasteiger partial charge in [-0.25, -0.2) is 0 Å². The van der Waals surface area contributed by atoms with Gasteiger partial charge in [-0.3, -0.25) is 0 Å². The summed E-state index contributed by atoms with van der Waals surface area (Å²) < 4.78 is 0.551. The van der Waals surface area contributed by atoms with E-state index in [-0.39, 0.29) is 0 Å². The van der Waals surface area contributed by atoms with E-state index in [2.05, 4.69) is 30.9 Å². The van der Waals surface area contributed by atoms with Crippen molar-refractivity contribution in [1.29, 1.82) is 0 Å². The van der Waals surface area contributed by atoms with Gasteiger partial charge in [0.25, 0.3) is 0 Å². The number of hydrogen-bond acceptors (Lipinski definition) is 2. The highest BCUT2D eigenvalue weighted by atomic mass is 32.2. The molecule has 0 saturated carbocycles. The van der Waals surface area contributed by atoms with Gasteiger partial charge in [0.2, 0.25) is 0 Å². The monoisotopic (exact) mass is 173 g/mol. The van der Waals surface area contributed by atoms with Crippen molar-refractivity contribution in [2.75, 3.05) is 18.8 Å². The number of thioether (sulfide) groups is 1. The lowest BCUT2D eigenvalue weighted by Gasteiger charge is -2.22. The molecule has 1 rings (SSSR count). The van der Waals surface area contributed by atoms with Crippen molar-refractivity contribution in [2.45, 2.75) is 37.9 Å². The zero-order valence-electron chi connectivity index (χ0n) is 7.65. The average Bonchev–Trinajstić information content (AvgIpc) is 2.38. The van der Waals surface area contributed by atoms with Gasteiger partial charge in [-0.05, 0) is 38.5 Å². The Balaban J connectivity index is 2.13. The molecule has 1 fully saturated rings. The molecule has 1 heterocycles. The fraction of sp³-hybridized carbons (Fsp3) is 1.00. The maximum atomic E-state index is 3.50. The third kappa shape index (κ3) is 3.04. The SMILES string of the molecule is CCCNCC1(C)CCCS1. The van der Waals surface area contributed by atoms with Gasteiger partial charge in [0.05, 0.1) is 0 Å². The first-order valence-electron chi connectivity index (χ1n) is 4.61. The zero-order valence-corrected chi connectivity index (χ0v) is 8.47. The second-order valence-electron chi connectivity index (χ2n) is 3.58. The third-order valence-electron chi connectivity index (χ3n) is 2.23. The summed E-state index contributed by atoms with van der Waals surface area (Å²) >= 11 is 2.13. The number of hydrogen-bond donors (Lipinski definition) is 1. The predicted octanol–water partition coefficient (Wildman–Crippen LogP) is 2.27. The molecule has 1 nitrogen and oxygen atoms in total. The molecule has 0 spiro atoms. The molecule has 0 aromatic rings. The Morgan fingerprint density at radius 1 is 1.55 bits per heavy atom. The van der Waals surface area contributed by atoms with Crippen molar-refractivity contribution in [1.82, 2.24) is 5.32 Å². The maximum Gasteiger partial charge on any atom is 0.0256 e. The molecular weight excluding hydrogens is 154 g/mol. The van der Waals surface area contributed by atoms with Crippen molar-refractivity contribution < 1.29 is 0 Å². The molecular formula is C9H19NS. The van der Waals surface area contributed by atoms with Gasteiger partial charge < -0.3 is 5.32 Å². The van der Waals surface area contributed by atoms with Crippen LogP contribution < -0.4 is 5.32 Å². The van der Waals surface area contributed by atoms with Crippen LogP contribution in [-0.4, -0.2) is 23.6 Å². The van der Waals surface area contributed by atoms with E-state index in [1.54, 1.807) is 0 Å². The topological polar surface area (TPSA) is 12.0 Å². The van der Waals surface area contributed by atoms with E-state index in [0.29, 0.717) is 4.75 Å². The highest BCUT2D eigenvalue weighted by molar-refractivity contribution is 8.00. The molecule has 1 unspecified atom stereocenters. The van der Waals surface area contributed by atoms with Crippen LogP contribution in [0.3, 0.4) is 0 Å². The summed E-state index contributed by atoms with van der Waals surface area (Å²) in [4.78, 5) is 0. The molecule has 1 atom stereocenters. The molecule has 2 heteroatoms. The van der Waals surface area contributed by atoms with Gasteiger partial charge in [0.15, 0.2) is 0 Å². The molecule has 0 radical (unpaired) electrons. The molecule has 1 aliphatic heterocycles. The lowest BCUT2D eigenvalue weighted by Crippen LogP contribution is -2.33. The molecule has 0 aliphatic carbocycles. The first-order chi connectivity index (χ1) is 5.27. The van der Waals surface area contributed by atoms with E-state index in [1.165, 1.54) is 38.1 Å². The first kappa shape index (κ1) is 9.40. The van der Waals surface area contributed by atoms with E-state index < -0.39 is 0 Å². The van der Waals surface area contributed by atoms with Crippen LogP contribution >= 0.6 is 11.8 Å². The average molecular weight is 173 g/mol. The van der Waals surface area contributed by atoms with Crippen LogP contribution in [-0.2, 0) is 0 Å². The molecule has 1 saturated heterocycles. The van der Waals surface area contributed by atoms with E-state index in [4.69, 9.17) is 0 Å². The van der Waals surface area contributed by atoms with Gasteiger partial charge in [-0.2, -0.15) is 11.8 Å². The second kappa shape index (κ2) is 4.36. The molecule has 0 aromatic heterocycles. The summed E-state index contributed by atoms with van der Waals surface area (Å²) in [6.45, 7) is 6.98. The standard InChI is InChI=1S/C9H19NS/c1-3-6-10-8-9(2)5-4-7-11-9/h10H,3-8H2,1-2H3. The third-order valence-corrected chi connectivity index (χ3v) is 3.76. The van der Waals surface area contributed by atoms with Crippen molar-refractivity contribution in [3.8, 4) is 0 Å². The van der Waals surface area contributed by atoms with E-state index in [1.807, 2.05) is 0 Å². The minimum Gasteiger partial charge on any atom is -0.315 e. The normalized spacial score (nSPS) is 31.1. The Kier molecular flexibility index (Phi) is 3.73. The van der Waals surface area contributed by atoms with Crippen molar-refractivity contribution in [3.63, 3.8) is 0 Å². The van der Waals surface area contributed by atoms with Crippen LogP contribution in [0, 0.1) is 0 Å². The fourth-order valence-corrected chi connectivity index (χ4v) is 2.78. The summed E-state index contributed by atoms with van der Waals surface area (Å²) in [5, 5.41) is 3.50. The molecule has 0 bridgehead atoms. The van der Waals surface area contributed by atoms with E-state index in [0.717, 1.165) is 0 Å². The minimum absolute atomic E-state index is 0.551. The first-order valence-corrected chi connectivity index (χ1v) is 5.60. The molecule has 66 valence electrons. The smallest absolute Gasteiger partial charge is 0.0256 e. The molecule has 1 N–H and O–H groups in total. The Morgan fingerprint density at radius 2 is 2.36 bits per heavy atom. The van der Waals surface area contributed by atoms with E-state index >= 15 is 0 Å². The summed E-state index contributed by atoms with van der Waals surface area (Å²) in [5.41, 5.74) is 0. The highest BCUT2D eigenvalue weighted by Crippen LogP contribution is 2.36. The van der Waals surface area contributed by atoms with Crippen LogP contribution in [0.2, 0.25) is 0 Å². The van der Waals surface area contributed by atoms with Crippen LogP contribution in [0.5, 0.6) is 0 Å². The highest BCUT2D eigenvalue weighted by Gasteiger charge is 2.28. The molecule has 11 heavy (non-hydrogen) atoms. The van der Waals surface area contributed by atoms with E-state index in [9.17, 15) is 0 Å². The Bertz CT molecular complexity index is 108.